The van der Waals surface area contributed by atoms with Gasteiger partial charge in [0.1, 0.15) is 0 Å². The second kappa shape index (κ2) is 4.09. The number of carboxylic acid groups (broad SMARTS) is 1. The smallest absolute Gasteiger partial charge is 0.338 e. The summed E-state index contributed by atoms with van der Waals surface area (Å²) in [5, 5.41) is 10.8. The number of carbonyl (C=O) groups is 1. The predicted octanol–water partition coefficient (Wildman–Crippen LogP) is 3.28. The van der Waals surface area contributed by atoms with Gasteiger partial charge >= 0.3 is 5.97 Å². The van der Waals surface area contributed by atoms with Crippen LogP contribution in [0.2, 0.25) is 5.02 Å². The largest absolute Gasteiger partial charge is 0.478 e. The minimum atomic E-state index is -0.900. The molecule has 1 N–H and O–H groups in total. The van der Waals surface area contributed by atoms with Crippen molar-refractivity contribution in [3.8, 4) is 0 Å². The number of benzene rings is 1. The third kappa shape index (κ3) is 1.54. The number of nitrogens with zero attached hydrogens (tertiary/aromatic N) is 2. The highest BCUT2D eigenvalue weighted by Gasteiger charge is 2.36. The maximum atomic E-state index is 11.8. The molecule has 5 rings (SSSR count). The molecular weight excluding hydrogens is 276 g/mol. The van der Waals surface area contributed by atoms with Crippen LogP contribution in [0.4, 0.5) is 5.69 Å². The van der Waals surface area contributed by atoms with Crippen molar-refractivity contribution in [2.45, 2.75) is 18.8 Å². The second-order valence-corrected chi connectivity index (χ2v) is 5.89. The van der Waals surface area contributed by atoms with Crippen molar-refractivity contribution in [1.29, 1.82) is 0 Å². The van der Waals surface area contributed by atoms with Crippen LogP contribution < -0.4 is 4.90 Å². The summed E-state index contributed by atoms with van der Waals surface area (Å²) in [5.74, 6) is -0.503. The van der Waals surface area contributed by atoms with E-state index in [9.17, 15) is 9.90 Å². The number of halogens is 1. The molecule has 2 bridgehead atoms. The third-order valence-corrected chi connectivity index (χ3v) is 4.60. The molecule has 0 aliphatic carbocycles. The van der Waals surface area contributed by atoms with Gasteiger partial charge in [-0.1, -0.05) is 11.6 Å². The van der Waals surface area contributed by atoms with Gasteiger partial charge in [0.15, 0.2) is 0 Å². The van der Waals surface area contributed by atoms with E-state index in [4.69, 9.17) is 16.6 Å². The SMILES string of the molecule is O=C(O)c1c2c(nc3ccc(Cl)cc13)C1CCN2CC1. The molecule has 2 aromatic rings. The van der Waals surface area contributed by atoms with Crippen molar-refractivity contribution in [1.82, 2.24) is 4.98 Å². The summed E-state index contributed by atoms with van der Waals surface area (Å²) < 4.78 is 0. The van der Waals surface area contributed by atoms with E-state index in [-0.39, 0.29) is 0 Å². The molecule has 3 aliphatic heterocycles. The number of hydrogen-bond donors (Lipinski definition) is 1. The van der Waals surface area contributed by atoms with Gasteiger partial charge in [0.2, 0.25) is 0 Å². The van der Waals surface area contributed by atoms with Crippen LogP contribution in [-0.2, 0) is 0 Å². The van der Waals surface area contributed by atoms with Gasteiger partial charge in [-0.2, -0.15) is 0 Å². The topological polar surface area (TPSA) is 53.4 Å². The summed E-state index contributed by atoms with van der Waals surface area (Å²) in [4.78, 5) is 18.7. The van der Waals surface area contributed by atoms with Crippen molar-refractivity contribution in [2.75, 3.05) is 18.0 Å². The fourth-order valence-electron chi connectivity index (χ4n) is 3.44. The van der Waals surface area contributed by atoms with E-state index in [0.29, 0.717) is 21.9 Å². The standard InChI is InChI=1S/C15H13ClN2O2/c16-9-1-2-11-10(7-9)12(15(19)20)14-13(17-11)8-3-5-18(14)6-4-8/h1-2,7-8H,3-6H2,(H,19,20). The van der Waals surface area contributed by atoms with E-state index in [2.05, 4.69) is 4.90 Å². The molecule has 1 aromatic heterocycles. The van der Waals surface area contributed by atoms with Crippen LogP contribution in [0.1, 0.15) is 34.8 Å². The Morgan fingerprint density at radius 1 is 1.35 bits per heavy atom. The third-order valence-electron chi connectivity index (χ3n) is 4.36. The Labute approximate surface area is 121 Å². The molecule has 0 atom stereocenters. The Morgan fingerprint density at radius 3 is 2.80 bits per heavy atom. The van der Waals surface area contributed by atoms with Crippen molar-refractivity contribution in [3.63, 3.8) is 0 Å². The van der Waals surface area contributed by atoms with E-state index in [1.165, 1.54) is 0 Å². The molecule has 1 saturated heterocycles. The summed E-state index contributed by atoms with van der Waals surface area (Å²) in [6.45, 7) is 1.84. The van der Waals surface area contributed by atoms with Gasteiger partial charge in [-0.25, -0.2) is 4.79 Å². The molecule has 1 fully saturated rings. The fourth-order valence-corrected chi connectivity index (χ4v) is 3.61. The van der Waals surface area contributed by atoms with Gasteiger partial charge in [0.05, 0.1) is 22.5 Å². The van der Waals surface area contributed by atoms with E-state index < -0.39 is 5.97 Å². The number of hydrogen-bond acceptors (Lipinski definition) is 3. The Bertz CT molecular complexity index is 736. The lowest BCUT2D eigenvalue weighted by Gasteiger charge is -2.42. The minimum absolute atomic E-state index is 0.358. The molecule has 20 heavy (non-hydrogen) atoms. The summed E-state index contributed by atoms with van der Waals surface area (Å²) in [5.41, 5.74) is 2.85. The zero-order chi connectivity index (χ0) is 13.9. The van der Waals surface area contributed by atoms with Crippen LogP contribution in [0, 0.1) is 0 Å². The molecule has 4 nitrogen and oxygen atoms in total. The van der Waals surface area contributed by atoms with Crippen LogP contribution in [0.5, 0.6) is 0 Å². The maximum absolute atomic E-state index is 11.8. The summed E-state index contributed by atoms with van der Waals surface area (Å²) in [6.07, 6.45) is 2.14. The number of fused-ring (bicyclic) bond motifs is 3. The van der Waals surface area contributed by atoms with Crippen LogP contribution in [-0.4, -0.2) is 29.1 Å². The first-order valence-electron chi connectivity index (χ1n) is 6.76. The zero-order valence-electron chi connectivity index (χ0n) is 10.8. The average molecular weight is 289 g/mol. The summed E-state index contributed by atoms with van der Waals surface area (Å²) in [7, 11) is 0. The van der Waals surface area contributed by atoms with Crippen molar-refractivity contribution in [2.24, 2.45) is 0 Å². The number of piperidine rings is 1. The first-order chi connectivity index (χ1) is 9.65. The second-order valence-electron chi connectivity index (χ2n) is 5.45. The lowest BCUT2D eigenvalue weighted by Crippen LogP contribution is -2.40. The summed E-state index contributed by atoms with van der Waals surface area (Å²) >= 11 is 6.02. The van der Waals surface area contributed by atoms with Gasteiger partial charge in [-0.15, -0.1) is 0 Å². The van der Waals surface area contributed by atoms with Crippen LogP contribution in [0.25, 0.3) is 10.9 Å². The molecule has 0 saturated carbocycles. The molecule has 0 amide bonds. The Hall–Kier alpha value is -1.81. The highest BCUT2D eigenvalue weighted by molar-refractivity contribution is 6.31. The lowest BCUT2D eigenvalue weighted by atomic mass is 9.84. The number of pyridine rings is 1. The van der Waals surface area contributed by atoms with Crippen LogP contribution in [0.3, 0.4) is 0 Å². The van der Waals surface area contributed by atoms with Gasteiger partial charge in [0, 0.05) is 29.4 Å². The van der Waals surface area contributed by atoms with Crippen LogP contribution >= 0.6 is 11.6 Å². The van der Waals surface area contributed by atoms with Crippen molar-refractivity contribution < 1.29 is 9.90 Å². The maximum Gasteiger partial charge on any atom is 0.338 e. The molecule has 5 heteroatoms. The van der Waals surface area contributed by atoms with Crippen molar-refractivity contribution >= 4 is 34.2 Å². The normalized spacial score (nSPS) is 17.6. The fraction of sp³-hybridized carbons (Fsp3) is 0.333. The van der Waals surface area contributed by atoms with E-state index >= 15 is 0 Å². The Morgan fingerprint density at radius 2 is 2.10 bits per heavy atom. The Kier molecular flexibility index (Phi) is 2.45. The number of aromatic carboxylic acids is 1. The van der Waals surface area contributed by atoms with E-state index in [0.717, 1.165) is 42.8 Å². The predicted molar refractivity (Wildman–Crippen MR) is 77.9 cm³/mol. The van der Waals surface area contributed by atoms with Crippen molar-refractivity contribution in [3.05, 3.63) is 34.5 Å². The van der Waals surface area contributed by atoms with Gasteiger partial charge in [-0.3, -0.25) is 4.98 Å². The minimum Gasteiger partial charge on any atom is -0.478 e. The highest BCUT2D eigenvalue weighted by atomic mass is 35.5. The molecule has 0 radical (unpaired) electrons. The Balaban J connectivity index is 2.13. The zero-order valence-corrected chi connectivity index (χ0v) is 11.5. The molecule has 1 aromatic carbocycles. The molecule has 3 aliphatic rings. The quantitative estimate of drug-likeness (QED) is 0.875. The highest BCUT2D eigenvalue weighted by Crippen LogP contribution is 2.45. The summed E-state index contributed by atoms with van der Waals surface area (Å²) in [6, 6.07) is 5.27. The molecule has 4 heterocycles. The number of aromatic nitrogens is 1. The van der Waals surface area contributed by atoms with Crippen LogP contribution in [0.15, 0.2) is 18.2 Å². The molecular formula is C15H13ClN2O2. The monoisotopic (exact) mass is 288 g/mol. The number of carboxylic acids is 1. The number of rotatable bonds is 1. The number of anilines is 1. The molecule has 102 valence electrons. The van der Waals surface area contributed by atoms with E-state index in [1.807, 2.05) is 6.07 Å². The first-order valence-corrected chi connectivity index (χ1v) is 7.14. The molecule has 0 spiro atoms. The van der Waals surface area contributed by atoms with Gasteiger partial charge in [0.25, 0.3) is 0 Å². The molecule has 0 unspecified atom stereocenters. The van der Waals surface area contributed by atoms with Gasteiger partial charge < -0.3 is 10.0 Å². The first kappa shape index (κ1) is 12.0. The lowest BCUT2D eigenvalue weighted by molar-refractivity contribution is 0.0699. The van der Waals surface area contributed by atoms with E-state index in [1.54, 1.807) is 12.1 Å². The average Bonchev–Trinajstić information content (AvgIpc) is 2.46. The van der Waals surface area contributed by atoms with Gasteiger partial charge in [-0.05, 0) is 31.0 Å².